The highest BCUT2D eigenvalue weighted by atomic mass is 79.9. The SMILES string of the molecule is O=S(=O)(c1cc(Br)ccc1Br)N1CCC(CO)CC1. The van der Waals surface area contributed by atoms with Crippen molar-refractivity contribution >= 4 is 41.9 Å². The topological polar surface area (TPSA) is 57.6 Å². The molecule has 0 spiro atoms. The van der Waals surface area contributed by atoms with Gasteiger partial charge in [0.25, 0.3) is 0 Å². The number of nitrogens with zero attached hydrogens (tertiary/aromatic N) is 1. The van der Waals surface area contributed by atoms with Gasteiger partial charge in [0.1, 0.15) is 0 Å². The lowest BCUT2D eigenvalue weighted by molar-refractivity contribution is 0.170. The maximum Gasteiger partial charge on any atom is 0.244 e. The summed E-state index contributed by atoms with van der Waals surface area (Å²) in [5.74, 6) is 0.220. The summed E-state index contributed by atoms with van der Waals surface area (Å²) in [5, 5.41) is 9.10. The van der Waals surface area contributed by atoms with E-state index in [9.17, 15) is 8.42 Å². The zero-order valence-corrected chi connectivity index (χ0v) is 14.2. The van der Waals surface area contributed by atoms with Crippen LogP contribution in [0.5, 0.6) is 0 Å². The third-order valence-electron chi connectivity index (χ3n) is 3.34. The van der Waals surface area contributed by atoms with E-state index < -0.39 is 10.0 Å². The summed E-state index contributed by atoms with van der Waals surface area (Å²) in [5.41, 5.74) is 0. The fraction of sp³-hybridized carbons (Fsp3) is 0.500. The Morgan fingerprint density at radius 1 is 1.26 bits per heavy atom. The molecular weight excluding hydrogens is 398 g/mol. The van der Waals surface area contributed by atoms with Crippen molar-refractivity contribution in [1.29, 1.82) is 0 Å². The molecule has 1 fully saturated rings. The maximum absolute atomic E-state index is 12.6. The first kappa shape index (κ1) is 15.4. The molecule has 0 bridgehead atoms. The molecule has 1 heterocycles. The van der Waals surface area contributed by atoms with Crippen LogP contribution in [0.4, 0.5) is 0 Å². The van der Waals surface area contributed by atoms with E-state index in [1.165, 1.54) is 4.31 Å². The highest BCUT2D eigenvalue weighted by Crippen LogP contribution is 2.30. The summed E-state index contributed by atoms with van der Waals surface area (Å²) in [6.45, 7) is 1.06. The molecule has 106 valence electrons. The minimum Gasteiger partial charge on any atom is -0.396 e. The number of piperidine rings is 1. The zero-order valence-electron chi connectivity index (χ0n) is 10.2. The van der Waals surface area contributed by atoms with Gasteiger partial charge >= 0.3 is 0 Å². The van der Waals surface area contributed by atoms with Gasteiger partial charge in [-0.3, -0.25) is 0 Å². The first-order valence-electron chi connectivity index (χ1n) is 6.01. The Kier molecular flexibility index (Phi) is 5.05. The van der Waals surface area contributed by atoms with Gasteiger partial charge in [-0.2, -0.15) is 4.31 Å². The van der Waals surface area contributed by atoms with Gasteiger partial charge in [-0.25, -0.2) is 8.42 Å². The summed E-state index contributed by atoms with van der Waals surface area (Å²) in [6.07, 6.45) is 1.42. The average Bonchev–Trinajstić information content (AvgIpc) is 2.41. The number of rotatable bonds is 3. The van der Waals surface area contributed by atoms with Crippen molar-refractivity contribution in [3.8, 4) is 0 Å². The van der Waals surface area contributed by atoms with Gasteiger partial charge in [-0.15, -0.1) is 0 Å². The molecule has 0 aromatic heterocycles. The summed E-state index contributed by atoms with van der Waals surface area (Å²) < 4.78 is 27.9. The largest absolute Gasteiger partial charge is 0.396 e. The van der Waals surface area contributed by atoms with E-state index in [1.807, 2.05) is 0 Å². The Labute approximate surface area is 130 Å². The highest BCUT2D eigenvalue weighted by molar-refractivity contribution is 9.11. The summed E-state index contributed by atoms with van der Waals surface area (Å²) in [6, 6.07) is 5.12. The summed E-state index contributed by atoms with van der Waals surface area (Å²) >= 11 is 6.59. The smallest absolute Gasteiger partial charge is 0.244 e. The number of hydrogen-bond donors (Lipinski definition) is 1. The molecule has 0 amide bonds. The van der Waals surface area contributed by atoms with Crippen LogP contribution in [0.2, 0.25) is 0 Å². The van der Waals surface area contributed by atoms with Crippen LogP contribution in [0.25, 0.3) is 0 Å². The summed E-state index contributed by atoms with van der Waals surface area (Å²) in [7, 11) is -3.47. The fourth-order valence-electron chi connectivity index (χ4n) is 2.15. The third-order valence-corrected chi connectivity index (χ3v) is 6.73. The predicted octanol–water partition coefficient (Wildman–Crippen LogP) is 2.60. The molecule has 1 N–H and O–H groups in total. The predicted molar refractivity (Wildman–Crippen MR) is 80.4 cm³/mol. The highest BCUT2D eigenvalue weighted by Gasteiger charge is 2.30. The van der Waals surface area contributed by atoms with Crippen molar-refractivity contribution in [3.63, 3.8) is 0 Å². The third kappa shape index (κ3) is 3.39. The van der Waals surface area contributed by atoms with Crippen molar-refractivity contribution in [2.24, 2.45) is 5.92 Å². The molecule has 0 unspecified atom stereocenters. The van der Waals surface area contributed by atoms with Crippen LogP contribution >= 0.6 is 31.9 Å². The minimum atomic E-state index is -3.47. The van der Waals surface area contributed by atoms with Gasteiger partial charge in [0.05, 0.1) is 4.90 Å². The lowest BCUT2D eigenvalue weighted by Crippen LogP contribution is -2.39. The first-order valence-corrected chi connectivity index (χ1v) is 9.04. The molecule has 4 nitrogen and oxygen atoms in total. The van der Waals surface area contributed by atoms with Gasteiger partial charge in [-0.05, 0) is 52.9 Å². The van der Waals surface area contributed by atoms with E-state index in [-0.39, 0.29) is 17.4 Å². The van der Waals surface area contributed by atoms with Crippen LogP contribution in [0.3, 0.4) is 0 Å². The van der Waals surface area contributed by atoms with Gasteiger partial charge in [0, 0.05) is 28.6 Å². The lowest BCUT2D eigenvalue weighted by atomic mass is 10.00. The Hall–Kier alpha value is 0.0500. The van der Waals surface area contributed by atoms with Crippen molar-refractivity contribution in [2.45, 2.75) is 17.7 Å². The number of benzene rings is 1. The van der Waals surface area contributed by atoms with Crippen LogP contribution in [0, 0.1) is 5.92 Å². The standard InChI is InChI=1S/C12H15Br2NO3S/c13-10-1-2-11(14)12(7-10)19(17,18)15-5-3-9(8-16)4-6-15/h1-2,7,9,16H,3-6,8H2. The number of hydrogen-bond acceptors (Lipinski definition) is 3. The van der Waals surface area contributed by atoms with Crippen LogP contribution in [-0.2, 0) is 10.0 Å². The first-order chi connectivity index (χ1) is 8.95. The molecule has 1 aromatic carbocycles. The van der Waals surface area contributed by atoms with E-state index in [1.54, 1.807) is 18.2 Å². The summed E-state index contributed by atoms with van der Waals surface area (Å²) in [4.78, 5) is 0.282. The second-order valence-electron chi connectivity index (χ2n) is 4.60. The normalized spacial score (nSPS) is 18.7. The Balaban J connectivity index is 2.26. The van der Waals surface area contributed by atoms with E-state index in [4.69, 9.17) is 5.11 Å². The maximum atomic E-state index is 12.6. The number of halogens is 2. The molecule has 0 radical (unpaired) electrons. The Morgan fingerprint density at radius 3 is 2.47 bits per heavy atom. The van der Waals surface area contributed by atoms with Crippen molar-refractivity contribution in [3.05, 3.63) is 27.1 Å². The van der Waals surface area contributed by atoms with Gasteiger partial charge in [-0.1, -0.05) is 15.9 Å². The molecule has 0 aliphatic carbocycles. The van der Waals surface area contributed by atoms with Crippen molar-refractivity contribution in [2.75, 3.05) is 19.7 Å². The molecule has 2 rings (SSSR count). The lowest BCUT2D eigenvalue weighted by Gasteiger charge is -2.30. The van der Waals surface area contributed by atoms with E-state index in [0.29, 0.717) is 30.4 Å². The molecule has 7 heteroatoms. The Bertz CT molecular complexity index is 554. The monoisotopic (exact) mass is 411 g/mol. The van der Waals surface area contributed by atoms with Crippen LogP contribution in [0.15, 0.2) is 32.0 Å². The Morgan fingerprint density at radius 2 is 1.89 bits per heavy atom. The second kappa shape index (κ2) is 6.22. The van der Waals surface area contributed by atoms with E-state index in [2.05, 4.69) is 31.9 Å². The fourth-order valence-corrected chi connectivity index (χ4v) is 5.08. The van der Waals surface area contributed by atoms with Crippen LogP contribution < -0.4 is 0 Å². The van der Waals surface area contributed by atoms with Crippen LogP contribution in [-0.4, -0.2) is 37.5 Å². The van der Waals surface area contributed by atoms with E-state index in [0.717, 1.165) is 4.47 Å². The second-order valence-corrected chi connectivity index (χ2v) is 8.28. The molecule has 1 aliphatic heterocycles. The van der Waals surface area contributed by atoms with Gasteiger partial charge in [0.2, 0.25) is 10.0 Å². The molecule has 0 atom stereocenters. The van der Waals surface area contributed by atoms with Gasteiger partial charge in [0.15, 0.2) is 0 Å². The molecule has 1 aliphatic rings. The molecule has 0 saturated carbocycles. The number of sulfonamides is 1. The molecule has 1 aromatic rings. The average molecular weight is 413 g/mol. The number of aliphatic hydroxyl groups is 1. The number of aliphatic hydroxyl groups excluding tert-OH is 1. The minimum absolute atomic E-state index is 0.133. The van der Waals surface area contributed by atoms with E-state index >= 15 is 0 Å². The van der Waals surface area contributed by atoms with Crippen LogP contribution in [0.1, 0.15) is 12.8 Å². The van der Waals surface area contributed by atoms with Gasteiger partial charge < -0.3 is 5.11 Å². The zero-order chi connectivity index (χ0) is 14.0. The quantitative estimate of drug-likeness (QED) is 0.829. The molecular formula is C12H15Br2NO3S. The van der Waals surface area contributed by atoms with Crippen molar-refractivity contribution in [1.82, 2.24) is 4.31 Å². The molecule has 1 saturated heterocycles. The van der Waals surface area contributed by atoms with Crippen molar-refractivity contribution < 1.29 is 13.5 Å². The molecule has 19 heavy (non-hydrogen) atoms.